The van der Waals surface area contributed by atoms with Crippen molar-refractivity contribution >= 4 is 40.8 Å². The quantitative estimate of drug-likeness (QED) is 0.527. The summed E-state index contributed by atoms with van der Waals surface area (Å²) >= 11 is 6.59. The van der Waals surface area contributed by atoms with E-state index in [-0.39, 0.29) is 24.5 Å². The first-order valence-electron chi connectivity index (χ1n) is 10.7. The first kappa shape index (κ1) is 21.5. The molecule has 1 aromatic carbocycles. The molecule has 4 heterocycles. The fourth-order valence-corrected chi connectivity index (χ4v) is 4.57. The van der Waals surface area contributed by atoms with Gasteiger partial charge in [0.15, 0.2) is 0 Å². The molecule has 1 atom stereocenters. The number of aromatic nitrogens is 3. The molecule has 170 valence electrons. The topological polar surface area (TPSA) is 92.2 Å². The van der Waals surface area contributed by atoms with E-state index in [4.69, 9.17) is 16.3 Å². The SMILES string of the molecule is Cc1cc2c([nH]1)/C=C1/C(=O)Nc3c(Cl)cc(cc31)-c1cn(C)nc1COC[C@H](C)N(C)C2=O. The molecule has 33 heavy (non-hydrogen) atoms. The van der Waals surface area contributed by atoms with Crippen molar-refractivity contribution in [3.05, 3.63) is 57.6 Å². The maximum Gasteiger partial charge on any atom is 0.256 e. The fraction of sp³-hybridized carbons (Fsp3) is 0.292. The van der Waals surface area contributed by atoms with Crippen molar-refractivity contribution in [1.82, 2.24) is 19.7 Å². The monoisotopic (exact) mass is 465 g/mol. The van der Waals surface area contributed by atoms with Gasteiger partial charge in [0.05, 0.1) is 52.5 Å². The largest absolute Gasteiger partial charge is 0.373 e. The fourth-order valence-electron chi connectivity index (χ4n) is 4.30. The second-order valence-electron chi connectivity index (χ2n) is 8.62. The van der Waals surface area contributed by atoms with Gasteiger partial charge in [-0.2, -0.15) is 5.10 Å². The van der Waals surface area contributed by atoms with Crippen LogP contribution in [0.3, 0.4) is 0 Å². The Labute approximate surface area is 196 Å². The van der Waals surface area contributed by atoms with Crippen LogP contribution in [0.2, 0.25) is 5.02 Å². The van der Waals surface area contributed by atoms with Crippen molar-refractivity contribution in [1.29, 1.82) is 0 Å². The summed E-state index contributed by atoms with van der Waals surface area (Å²) in [5.41, 5.74) is 6.06. The lowest BCUT2D eigenvalue weighted by Gasteiger charge is -2.25. The molecular formula is C24H24ClN5O3. The average Bonchev–Trinajstić information content (AvgIpc) is 3.42. The third-order valence-electron chi connectivity index (χ3n) is 6.16. The lowest BCUT2D eigenvalue weighted by atomic mass is 9.98. The van der Waals surface area contributed by atoms with E-state index in [9.17, 15) is 9.59 Å². The molecule has 2 aromatic heterocycles. The lowest BCUT2D eigenvalue weighted by Crippen LogP contribution is -2.38. The van der Waals surface area contributed by atoms with Crippen LogP contribution in [0.15, 0.2) is 24.4 Å². The van der Waals surface area contributed by atoms with Crippen molar-refractivity contribution in [2.75, 3.05) is 19.0 Å². The second-order valence-corrected chi connectivity index (χ2v) is 9.02. The van der Waals surface area contributed by atoms with Gasteiger partial charge >= 0.3 is 0 Å². The van der Waals surface area contributed by atoms with Crippen molar-refractivity contribution in [2.24, 2.45) is 7.05 Å². The van der Waals surface area contributed by atoms with E-state index < -0.39 is 0 Å². The lowest BCUT2D eigenvalue weighted by molar-refractivity contribution is -0.110. The van der Waals surface area contributed by atoms with Gasteiger partial charge < -0.3 is 19.9 Å². The number of rotatable bonds is 0. The number of hydrogen-bond acceptors (Lipinski definition) is 4. The number of fused-ring (bicyclic) bond motifs is 4. The number of H-pyrrole nitrogens is 1. The number of likely N-dealkylation sites (N-methyl/N-ethyl adjacent to an activating group) is 1. The van der Waals surface area contributed by atoms with E-state index in [1.807, 2.05) is 39.2 Å². The summed E-state index contributed by atoms with van der Waals surface area (Å²) in [6, 6.07) is 5.39. The number of nitrogens with zero attached hydrogens (tertiary/aromatic N) is 3. The highest BCUT2D eigenvalue weighted by Crippen LogP contribution is 2.42. The van der Waals surface area contributed by atoms with Crippen molar-refractivity contribution in [2.45, 2.75) is 26.5 Å². The molecule has 0 spiro atoms. The molecule has 2 aliphatic rings. The molecule has 0 radical (unpaired) electrons. The standard InChI is InChI=1S/C24H24ClN5O3/c1-12-5-17-20(26-12)8-16-15-6-14(7-19(25)22(15)27-23(16)31)18-9-29(3)28-21(18)11-33-10-13(2)30(4)24(17)32/h5-9,13,26H,10-11H2,1-4H3,(H,27,31)/b16-8+/t13-/m0/s1. The summed E-state index contributed by atoms with van der Waals surface area (Å²) in [6.07, 6.45) is 3.63. The minimum Gasteiger partial charge on any atom is -0.373 e. The first-order chi connectivity index (χ1) is 15.7. The van der Waals surface area contributed by atoms with Crippen LogP contribution in [0, 0.1) is 6.92 Å². The highest BCUT2D eigenvalue weighted by Gasteiger charge is 2.30. The molecule has 0 unspecified atom stereocenters. The average molecular weight is 466 g/mol. The molecular weight excluding hydrogens is 442 g/mol. The second kappa shape index (κ2) is 7.90. The van der Waals surface area contributed by atoms with Crippen LogP contribution in [0.5, 0.6) is 0 Å². The minimum atomic E-state index is -0.268. The number of halogens is 1. The number of anilines is 1. The van der Waals surface area contributed by atoms with E-state index in [0.717, 1.165) is 22.5 Å². The molecule has 2 bridgehead atoms. The number of carbonyl (C=O) groups is 2. The van der Waals surface area contributed by atoms with Gasteiger partial charge in [-0.15, -0.1) is 0 Å². The highest BCUT2D eigenvalue weighted by atomic mass is 35.5. The van der Waals surface area contributed by atoms with Gasteiger partial charge in [-0.3, -0.25) is 14.3 Å². The molecule has 8 nitrogen and oxygen atoms in total. The van der Waals surface area contributed by atoms with E-state index in [0.29, 0.717) is 39.7 Å². The summed E-state index contributed by atoms with van der Waals surface area (Å²) in [4.78, 5) is 31.1. The number of hydrogen-bond donors (Lipinski definition) is 2. The predicted octanol–water partition coefficient (Wildman–Crippen LogP) is 3.86. The van der Waals surface area contributed by atoms with Gasteiger partial charge in [0, 0.05) is 37.1 Å². The Bertz CT molecular complexity index is 1340. The summed E-state index contributed by atoms with van der Waals surface area (Å²) in [5, 5.41) is 7.85. The van der Waals surface area contributed by atoms with Gasteiger partial charge in [-0.05, 0) is 43.7 Å². The van der Waals surface area contributed by atoms with E-state index in [1.165, 1.54) is 0 Å². The van der Waals surface area contributed by atoms with E-state index in [1.54, 1.807) is 28.8 Å². The Hall–Kier alpha value is -3.36. The van der Waals surface area contributed by atoms with Gasteiger partial charge in [0.2, 0.25) is 0 Å². The van der Waals surface area contributed by atoms with E-state index in [2.05, 4.69) is 15.4 Å². The van der Waals surface area contributed by atoms with Gasteiger partial charge in [-0.1, -0.05) is 11.6 Å². The first-order valence-corrected chi connectivity index (χ1v) is 11.0. The molecule has 5 rings (SSSR count). The van der Waals surface area contributed by atoms with Crippen LogP contribution in [-0.4, -0.2) is 51.2 Å². The zero-order valence-electron chi connectivity index (χ0n) is 18.8. The number of benzene rings is 1. The highest BCUT2D eigenvalue weighted by molar-refractivity contribution is 6.41. The number of nitrogens with one attached hydrogen (secondary N) is 2. The molecule has 0 saturated carbocycles. The summed E-state index contributed by atoms with van der Waals surface area (Å²) in [6.45, 7) is 4.45. The van der Waals surface area contributed by atoms with Crippen LogP contribution in [0.25, 0.3) is 22.8 Å². The molecule has 0 fully saturated rings. The van der Waals surface area contributed by atoms with Crippen LogP contribution in [0.1, 0.15) is 39.9 Å². The molecule has 0 aliphatic carbocycles. The van der Waals surface area contributed by atoms with Crippen molar-refractivity contribution in [3.63, 3.8) is 0 Å². The van der Waals surface area contributed by atoms with Crippen molar-refractivity contribution < 1.29 is 14.3 Å². The van der Waals surface area contributed by atoms with Crippen LogP contribution in [0.4, 0.5) is 5.69 Å². The zero-order valence-corrected chi connectivity index (χ0v) is 19.6. The van der Waals surface area contributed by atoms with Gasteiger partial charge in [-0.25, -0.2) is 0 Å². The Morgan fingerprint density at radius 2 is 1.94 bits per heavy atom. The molecule has 2 amide bonds. The summed E-state index contributed by atoms with van der Waals surface area (Å²) in [5.74, 6) is -0.420. The maximum atomic E-state index is 13.3. The summed E-state index contributed by atoms with van der Waals surface area (Å²) < 4.78 is 7.69. The number of carbonyl (C=O) groups excluding carboxylic acids is 2. The van der Waals surface area contributed by atoms with Crippen LogP contribution >= 0.6 is 11.6 Å². The third-order valence-corrected chi connectivity index (χ3v) is 6.46. The van der Waals surface area contributed by atoms with Gasteiger partial charge in [0.25, 0.3) is 11.8 Å². The smallest absolute Gasteiger partial charge is 0.256 e. The van der Waals surface area contributed by atoms with Crippen LogP contribution < -0.4 is 5.32 Å². The van der Waals surface area contributed by atoms with Crippen LogP contribution in [-0.2, 0) is 23.2 Å². The number of ether oxygens (including phenoxy) is 1. The molecule has 9 heteroatoms. The molecule has 0 saturated heterocycles. The normalized spacial score (nSPS) is 19.8. The minimum absolute atomic E-state index is 0.152. The molecule has 3 aromatic rings. The maximum absolute atomic E-state index is 13.3. The predicted molar refractivity (Wildman–Crippen MR) is 127 cm³/mol. The Kier molecular flexibility index (Phi) is 5.14. The van der Waals surface area contributed by atoms with Crippen molar-refractivity contribution in [3.8, 4) is 11.1 Å². The Morgan fingerprint density at radius 3 is 2.73 bits per heavy atom. The number of aryl methyl sites for hydroxylation is 2. The molecule has 2 aliphatic heterocycles. The number of amides is 2. The molecule has 2 N–H and O–H groups in total. The Balaban J connectivity index is 1.75. The third kappa shape index (κ3) is 3.65. The summed E-state index contributed by atoms with van der Waals surface area (Å²) in [7, 11) is 3.60. The Morgan fingerprint density at radius 1 is 1.15 bits per heavy atom. The zero-order chi connectivity index (χ0) is 23.4. The number of aromatic amines is 1. The van der Waals surface area contributed by atoms with E-state index >= 15 is 0 Å². The van der Waals surface area contributed by atoms with Gasteiger partial charge in [0.1, 0.15) is 0 Å².